The van der Waals surface area contributed by atoms with E-state index in [1.54, 1.807) is 20.4 Å². The summed E-state index contributed by atoms with van der Waals surface area (Å²) in [5, 5.41) is 1.08. The molecule has 0 bridgehead atoms. The third kappa shape index (κ3) is 4.45. The molecule has 0 saturated heterocycles. The Morgan fingerprint density at radius 2 is 2.04 bits per heavy atom. The minimum absolute atomic E-state index is 0.709. The van der Waals surface area contributed by atoms with Gasteiger partial charge in [-0.15, -0.1) is 0 Å². The largest absolute Gasteiger partial charge is 0.493 e. The fourth-order valence-electron chi connectivity index (χ4n) is 2.83. The molecule has 2 aromatic rings. The van der Waals surface area contributed by atoms with Gasteiger partial charge >= 0.3 is 0 Å². The Bertz CT molecular complexity index is 722. The molecule has 0 fully saturated rings. The predicted molar refractivity (Wildman–Crippen MR) is 102 cm³/mol. The van der Waals surface area contributed by atoms with Crippen molar-refractivity contribution in [1.82, 2.24) is 9.88 Å². The maximum Gasteiger partial charge on any atom is 0.165 e. The van der Waals surface area contributed by atoms with Gasteiger partial charge in [0.25, 0.3) is 0 Å². The van der Waals surface area contributed by atoms with Crippen molar-refractivity contribution < 1.29 is 9.47 Å². The average molecular weight is 357 g/mol. The van der Waals surface area contributed by atoms with E-state index in [2.05, 4.69) is 22.0 Å². The van der Waals surface area contributed by atoms with Crippen molar-refractivity contribution in [1.29, 1.82) is 0 Å². The number of nitrogens with zero attached hydrogens (tertiary/aromatic N) is 3. The summed E-state index contributed by atoms with van der Waals surface area (Å²) in [6.45, 7) is 2.36. The monoisotopic (exact) mass is 357 g/mol. The van der Waals surface area contributed by atoms with E-state index < -0.39 is 0 Å². The van der Waals surface area contributed by atoms with E-state index in [0.29, 0.717) is 6.54 Å². The molecule has 1 aromatic carbocycles. The minimum Gasteiger partial charge on any atom is -0.493 e. The molecule has 6 heteroatoms. The van der Waals surface area contributed by atoms with Crippen LogP contribution in [-0.4, -0.2) is 41.6 Å². The maximum atomic E-state index is 5.60. The van der Waals surface area contributed by atoms with Gasteiger partial charge in [0.05, 0.1) is 14.2 Å². The van der Waals surface area contributed by atoms with E-state index in [-0.39, 0.29) is 0 Å². The zero-order valence-electron chi connectivity index (χ0n) is 14.6. The van der Waals surface area contributed by atoms with Crippen LogP contribution in [0.25, 0.3) is 0 Å². The Morgan fingerprint density at radius 3 is 2.72 bits per heavy atom. The SMILES string of the molecule is COc1cccc(CN(Cc2cccnc2)C2=NCCCS2)c1OC. The van der Waals surface area contributed by atoms with Gasteiger partial charge in [0.1, 0.15) is 0 Å². The highest BCUT2D eigenvalue weighted by molar-refractivity contribution is 8.13. The smallest absolute Gasteiger partial charge is 0.165 e. The summed E-state index contributed by atoms with van der Waals surface area (Å²) in [4.78, 5) is 11.3. The van der Waals surface area contributed by atoms with Crippen molar-refractivity contribution in [3.63, 3.8) is 0 Å². The molecule has 1 aliphatic rings. The molecule has 5 nitrogen and oxygen atoms in total. The predicted octanol–water partition coefficient (Wildman–Crippen LogP) is 3.59. The fraction of sp³-hybridized carbons (Fsp3) is 0.368. The third-order valence-electron chi connectivity index (χ3n) is 3.99. The number of amidine groups is 1. The Balaban J connectivity index is 1.88. The molecule has 1 aromatic heterocycles. The number of aromatic nitrogens is 1. The van der Waals surface area contributed by atoms with Gasteiger partial charge in [-0.05, 0) is 24.1 Å². The lowest BCUT2D eigenvalue weighted by atomic mass is 10.1. The van der Waals surface area contributed by atoms with Gasteiger partial charge in [-0.1, -0.05) is 30.0 Å². The third-order valence-corrected chi connectivity index (χ3v) is 5.13. The molecule has 25 heavy (non-hydrogen) atoms. The summed E-state index contributed by atoms with van der Waals surface area (Å²) >= 11 is 1.82. The molecule has 132 valence electrons. The number of benzene rings is 1. The molecule has 1 aliphatic heterocycles. The summed E-state index contributed by atoms with van der Waals surface area (Å²) in [5.41, 5.74) is 2.25. The second-order valence-electron chi connectivity index (χ2n) is 5.74. The Hall–Kier alpha value is -2.21. The van der Waals surface area contributed by atoms with Crippen molar-refractivity contribution in [3.05, 3.63) is 53.9 Å². The molecule has 0 amide bonds. The van der Waals surface area contributed by atoms with Crippen molar-refractivity contribution in [2.24, 2.45) is 4.99 Å². The summed E-state index contributed by atoms with van der Waals surface area (Å²) in [5.74, 6) is 2.64. The van der Waals surface area contributed by atoms with E-state index in [0.717, 1.165) is 47.5 Å². The van der Waals surface area contributed by atoms with Gasteiger partial charge in [0.2, 0.25) is 0 Å². The number of thioether (sulfide) groups is 1. The Labute approximate surface area is 153 Å². The molecule has 0 unspecified atom stereocenters. The van der Waals surface area contributed by atoms with Crippen molar-refractivity contribution >= 4 is 16.9 Å². The quantitative estimate of drug-likeness (QED) is 0.791. The summed E-state index contributed by atoms with van der Waals surface area (Å²) in [7, 11) is 3.34. The Kier molecular flexibility index (Phi) is 6.17. The number of ether oxygens (including phenoxy) is 2. The first kappa shape index (κ1) is 17.6. The minimum atomic E-state index is 0.709. The highest BCUT2D eigenvalue weighted by atomic mass is 32.2. The van der Waals surface area contributed by atoms with Crippen LogP contribution in [0.5, 0.6) is 11.5 Å². The Morgan fingerprint density at radius 1 is 1.12 bits per heavy atom. The molecular weight excluding hydrogens is 334 g/mol. The van der Waals surface area contributed by atoms with Crippen LogP contribution in [0.4, 0.5) is 0 Å². The zero-order chi connectivity index (χ0) is 17.5. The van der Waals surface area contributed by atoms with Gasteiger partial charge in [-0.3, -0.25) is 9.98 Å². The average Bonchev–Trinajstić information content (AvgIpc) is 2.68. The van der Waals surface area contributed by atoms with Crippen LogP contribution in [0.1, 0.15) is 17.5 Å². The molecule has 3 rings (SSSR count). The van der Waals surface area contributed by atoms with Crippen molar-refractivity contribution in [2.45, 2.75) is 19.5 Å². The van der Waals surface area contributed by atoms with E-state index >= 15 is 0 Å². The fourth-order valence-corrected chi connectivity index (χ4v) is 3.78. The summed E-state index contributed by atoms with van der Waals surface area (Å²) < 4.78 is 11.0. The lowest BCUT2D eigenvalue weighted by Crippen LogP contribution is -2.30. The molecule has 0 spiro atoms. The van der Waals surface area contributed by atoms with Crippen LogP contribution in [0.15, 0.2) is 47.7 Å². The van der Waals surface area contributed by atoms with Gasteiger partial charge in [0, 0.05) is 43.3 Å². The number of rotatable bonds is 6. The number of hydrogen-bond donors (Lipinski definition) is 0. The van der Waals surface area contributed by atoms with Crippen molar-refractivity contribution in [2.75, 3.05) is 26.5 Å². The van der Waals surface area contributed by atoms with E-state index in [1.807, 2.05) is 36.2 Å². The molecule has 2 heterocycles. The van der Waals surface area contributed by atoms with Crippen LogP contribution < -0.4 is 9.47 Å². The van der Waals surface area contributed by atoms with E-state index in [1.165, 1.54) is 5.56 Å². The van der Waals surface area contributed by atoms with Gasteiger partial charge in [-0.25, -0.2) is 0 Å². The normalized spacial score (nSPS) is 13.9. The van der Waals surface area contributed by atoms with Crippen molar-refractivity contribution in [3.8, 4) is 11.5 Å². The molecule has 0 radical (unpaired) electrons. The lowest BCUT2D eigenvalue weighted by Gasteiger charge is -2.28. The van der Waals surface area contributed by atoms with Gasteiger partial charge in [0.15, 0.2) is 16.7 Å². The maximum absolute atomic E-state index is 5.60. The number of para-hydroxylation sites is 1. The second-order valence-corrected chi connectivity index (χ2v) is 6.80. The standard InChI is InChI=1S/C19H23N3O2S/c1-23-17-8-3-7-16(18(17)24-2)14-22(19-21-10-5-11-25-19)13-15-6-4-9-20-12-15/h3-4,6-9,12H,5,10-11,13-14H2,1-2H3. The number of aliphatic imine (C=N–C) groups is 1. The molecule has 0 aliphatic carbocycles. The topological polar surface area (TPSA) is 47.0 Å². The number of hydrogen-bond acceptors (Lipinski definition) is 6. The van der Waals surface area contributed by atoms with Gasteiger partial charge in [-0.2, -0.15) is 0 Å². The van der Waals surface area contributed by atoms with Crippen LogP contribution >= 0.6 is 11.8 Å². The van der Waals surface area contributed by atoms with Gasteiger partial charge < -0.3 is 14.4 Å². The zero-order valence-corrected chi connectivity index (χ0v) is 15.5. The number of methoxy groups -OCH3 is 2. The van der Waals surface area contributed by atoms with Crippen LogP contribution in [-0.2, 0) is 13.1 Å². The molecule has 0 saturated carbocycles. The first-order valence-corrected chi connectivity index (χ1v) is 9.31. The van der Waals surface area contributed by atoms with Crippen LogP contribution in [0.3, 0.4) is 0 Å². The van der Waals surface area contributed by atoms with Crippen LogP contribution in [0.2, 0.25) is 0 Å². The summed E-state index contributed by atoms with van der Waals surface area (Å²) in [6.07, 6.45) is 4.84. The molecular formula is C19H23N3O2S. The lowest BCUT2D eigenvalue weighted by molar-refractivity contribution is 0.341. The van der Waals surface area contributed by atoms with E-state index in [4.69, 9.17) is 14.5 Å². The molecule has 0 atom stereocenters. The highest BCUT2D eigenvalue weighted by Gasteiger charge is 2.19. The highest BCUT2D eigenvalue weighted by Crippen LogP contribution is 2.32. The summed E-state index contributed by atoms with van der Waals surface area (Å²) in [6, 6.07) is 10.0. The van der Waals surface area contributed by atoms with E-state index in [9.17, 15) is 0 Å². The van der Waals surface area contributed by atoms with Crippen LogP contribution in [0, 0.1) is 0 Å². The second kappa shape index (κ2) is 8.76. The first-order valence-electron chi connectivity index (χ1n) is 8.32. The molecule has 0 N–H and O–H groups in total. The first-order chi connectivity index (χ1) is 12.3. The number of pyridine rings is 1.